The fraction of sp³-hybridized carbons (Fsp3) is 0.375. The Balaban J connectivity index is 1.69. The van der Waals surface area contributed by atoms with Gasteiger partial charge < -0.3 is 15.4 Å². The van der Waals surface area contributed by atoms with E-state index in [0.29, 0.717) is 5.56 Å². The third kappa shape index (κ3) is 5.71. The van der Waals surface area contributed by atoms with E-state index in [4.69, 9.17) is 4.74 Å². The van der Waals surface area contributed by atoms with Crippen molar-refractivity contribution in [1.29, 1.82) is 0 Å². The molecule has 8 nitrogen and oxygen atoms in total. The number of imide groups is 1. The minimum Gasteiger partial charge on any atom is -0.454 e. The molecular formula is C16H19N3O5. The second-order valence-corrected chi connectivity index (χ2v) is 5.46. The van der Waals surface area contributed by atoms with Gasteiger partial charge in [-0.1, -0.05) is 18.2 Å². The zero-order valence-corrected chi connectivity index (χ0v) is 13.2. The first-order valence-electron chi connectivity index (χ1n) is 7.58. The van der Waals surface area contributed by atoms with Crippen molar-refractivity contribution in [2.45, 2.75) is 31.8 Å². The molecule has 0 aromatic heterocycles. The minimum atomic E-state index is -0.925. The first kappa shape index (κ1) is 17.5. The van der Waals surface area contributed by atoms with Crippen molar-refractivity contribution in [1.82, 2.24) is 16.0 Å². The Morgan fingerprint density at radius 2 is 1.83 bits per heavy atom. The van der Waals surface area contributed by atoms with E-state index in [-0.39, 0.29) is 6.04 Å². The van der Waals surface area contributed by atoms with Crippen LogP contribution in [0.4, 0.5) is 4.79 Å². The van der Waals surface area contributed by atoms with E-state index in [2.05, 4.69) is 16.0 Å². The standard InChI is InChI=1S/C16H19N3O5/c1-10(17-14(21)11-5-3-2-4-6-11)15(22)24-9-13(20)19-16(23)18-12-7-8-12/h2-6,10,12H,7-9H2,1H3,(H,17,21)(H2,18,19,20,23)/t10-/m0/s1. The van der Waals surface area contributed by atoms with Gasteiger partial charge in [-0.15, -0.1) is 0 Å². The highest BCUT2D eigenvalue weighted by molar-refractivity contribution is 5.98. The number of amides is 4. The van der Waals surface area contributed by atoms with Crippen LogP contribution < -0.4 is 16.0 Å². The molecule has 0 radical (unpaired) electrons. The van der Waals surface area contributed by atoms with Gasteiger partial charge in [0.15, 0.2) is 6.61 Å². The van der Waals surface area contributed by atoms with Crippen LogP contribution in [0.25, 0.3) is 0 Å². The highest BCUT2D eigenvalue weighted by Gasteiger charge is 2.24. The van der Waals surface area contributed by atoms with Gasteiger partial charge in [-0.3, -0.25) is 14.9 Å². The summed E-state index contributed by atoms with van der Waals surface area (Å²) in [5.41, 5.74) is 0.409. The maximum atomic E-state index is 11.9. The van der Waals surface area contributed by atoms with Gasteiger partial charge >= 0.3 is 12.0 Å². The number of ether oxygens (including phenoxy) is 1. The third-order valence-corrected chi connectivity index (χ3v) is 3.25. The van der Waals surface area contributed by atoms with Gasteiger partial charge in [0.25, 0.3) is 11.8 Å². The Morgan fingerprint density at radius 3 is 2.46 bits per heavy atom. The topological polar surface area (TPSA) is 114 Å². The predicted molar refractivity (Wildman–Crippen MR) is 84.0 cm³/mol. The summed E-state index contributed by atoms with van der Waals surface area (Å²) in [6, 6.07) is 6.98. The van der Waals surface area contributed by atoms with Crippen LogP contribution in [0.3, 0.4) is 0 Å². The van der Waals surface area contributed by atoms with E-state index < -0.39 is 36.5 Å². The van der Waals surface area contributed by atoms with Crippen LogP contribution >= 0.6 is 0 Å². The van der Waals surface area contributed by atoms with E-state index in [1.165, 1.54) is 6.92 Å². The largest absolute Gasteiger partial charge is 0.454 e. The Bertz CT molecular complexity index is 628. The van der Waals surface area contributed by atoms with Gasteiger partial charge in [0.05, 0.1) is 0 Å². The maximum Gasteiger partial charge on any atom is 0.328 e. The number of hydrogen-bond donors (Lipinski definition) is 3. The molecule has 1 aromatic rings. The summed E-state index contributed by atoms with van der Waals surface area (Å²) in [5.74, 6) is -1.92. The third-order valence-electron chi connectivity index (χ3n) is 3.25. The lowest BCUT2D eigenvalue weighted by Gasteiger charge is -2.13. The maximum absolute atomic E-state index is 11.9. The quantitative estimate of drug-likeness (QED) is 0.650. The van der Waals surface area contributed by atoms with Crippen LogP contribution in [0.2, 0.25) is 0 Å². The van der Waals surface area contributed by atoms with Gasteiger partial charge in [-0.05, 0) is 31.9 Å². The summed E-state index contributed by atoms with van der Waals surface area (Å²) in [7, 11) is 0. The molecule has 1 aliphatic carbocycles. The van der Waals surface area contributed by atoms with Crippen LogP contribution in [-0.2, 0) is 14.3 Å². The molecule has 3 N–H and O–H groups in total. The molecule has 8 heteroatoms. The summed E-state index contributed by atoms with van der Waals surface area (Å²) >= 11 is 0. The van der Waals surface area contributed by atoms with Crippen molar-refractivity contribution in [2.24, 2.45) is 0 Å². The van der Waals surface area contributed by atoms with E-state index in [0.717, 1.165) is 12.8 Å². The molecule has 1 aliphatic rings. The smallest absolute Gasteiger partial charge is 0.328 e. The summed E-state index contributed by atoms with van der Waals surface area (Å²) in [5, 5.41) is 7.10. The molecule has 0 spiro atoms. The fourth-order valence-corrected chi connectivity index (χ4v) is 1.80. The zero-order valence-electron chi connectivity index (χ0n) is 13.2. The van der Waals surface area contributed by atoms with Crippen LogP contribution in [0.15, 0.2) is 30.3 Å². The summed E-state index contributed by atoms with van der Waals surface area (Å²) in [4.78, 5) is 46.5. The number of benzene rings is 1. The van der Waals surface area contributed by atoms with Crippen molar-refractivity contribution >= 4 is 23.8 Å². The number of urea groups is 1. The second kappa shape index (κ2) is 8.09. The molecular weight excluding hydrogens is 314 g/mol. The molecule has 2 rings (SSSR count). The molecule has 0 saturated heterocycles. The first-order chi connectivity index (χ1) is 11.5. The summed E-state index contributed by atoms with van der Waals surface area (Å²) < 4.78 is 4.78. The van der Waals surface area contributed by atoms with E-state index in [1.807, 2.05) is 0 Å². The van der Waals surface area contributed by atoms with Gasteiger partial charge in [-0.25, -0.2) is 9.59 Å². The van der Waals surface area contributed by atoms with Crippen molar-refractivity contribution in [3.63, 3.8) is 0 Å². The van der Waals surface area contributed by atoms with Crippen LogP contribution in [-0.4, -0.2) is 42.5 Å². The van der Waals surface area contributed by atoms with Crippen LogP contribution in [0.5, 0.6) is 0 Å². The molecule has 1 atom stereocenters. The van der Waals surface area contributed by atoms with Crippen molar-refractivity contribution in [3.05, 3.63) is 35.9 Å². The SMILES string of the molecule is C[C@H](NC(=O)c1ccccc1)C(=O)OCC(=O)NC(=O)NC1CC1. The molecule has 0 aliphatic heterocycles. The van der Waals surface area contributed by atoms with Crippen molar-refractivity contribution < 1.29 is 23.9 Å². The number of nitrogens with one attached hydrogen (secondary N) is 3. The lowest BCUT2D eigenvalue weighted by atomic mass is 10.2. The lowest BCUT2D eigenvalue weighted by molar-refractivity contribution is -0.149. The van der Waals surface area contributed by atoms with Crippen molar-refractivity contribution in [2.75, 3.05) is 6.61 Å². The molecule has 1 saturated carbocycles. The summed E-state index contributed by atoms with van der Waals surface area (Å²) in [6.45, 7) is 0.851. The zero-order chi connectivity index (χ0) is 17.5. The lowest BCUT2D eigenvalue weighted by Crippen LogP contribution is -2.44. The Hall–Kier alpha value is -2.90. The molecule has 0 bridgehead atoms. The summed E-state index contributed by atoms with van der Waals surface area (Å²) in [6.07, 6.45) is 1.80. The molecule has 0 heterocycles. The number of carbonyl (C=O) groups excluding carboxylic acids is 4. The van der Waals surface area contributed by atoms with Gasteiger partial charge in [-0.2, -0.15) is 0 Å². The van der Waals surface area contributed by atoms with Gasteiger partial charge in [0, 0.05) is 11.6 Å². The predicted octanol–water partition coefficient (Wildman–Crippen LogP) is 0.336. The van der Waals surface area contributed by atoms with Gasteiger partial charge in [0.1, 0.15) is 6.04 Å². The molecule has 1 fully saturated rings. The normalized spacial score (nSPS) is 14.2. The van der Waals surface area contributed by atoms with E-state index in [9.17, 15) is 19.2 Å². The molecule has 0 unspecified atom stereocenters. The fourth-order valence-electron chi connectivity index (χ4n) is 1.80. The number of esters is 1. The highest BCUT2D eigenvalue weighted by atomic mass is 16.5. The van der Waals surface area contributed by atoms with E-state index >= 15 is 0 Å². The minimum absolute atomic E-state index is 0.119. The van der Waals surface area contributed by atoms with E-state index in [1.54, 1.807) is 30.3 Å². The Labute approximate surface area is 138 Å². The first-order valence-corrected chi connectivity index (χ1v) is 7.58. The molecule has 24 heavy (non-hydrogen) atoms. The Morgan fingerprint density at radius 1 is 1.17 bits per heavy atom. The average molecular weight is 333 g/mol. The Kier molecular flexibility index (Phi) is 5.89. The highest BCUT2D eigenvalue weighted by Crippen LogP contribution is 2.18. The second-order valence-electron chi connectivity index (χ2n) is 5.46. The monoisotopic (exact) mass is 333 g/mol. The molecule has 4 amide bonds. The van der Waals surface area contributed by atoms with Crippen molar-refractivity contribution in [3.8, 4) is 0 Å². The van der Waals surface area contributed by atoms with Crippen LogP contribution in [0, 0.1) is 0 Å². The van der Waals surface area contributed by atoms with Crippen LogP contribution in [0.1, 0.15) is 30.1 Å². The number of rotatable bonds is 6. The number of hydrogen-bond acceptors (Lipinski definition) is 5. The molecule has 1 aromatic carbocycles. The van der Waals surface area contributed by atoms with Gasteiger partial charge in [0.2, 0.25) is 0 Å². The average Bonchev–Trinajstić information content (AvgIpc) is 3.37. The molecule has 128 valence electrons. The number of carbonyl (C=O) groups is 4.